The van der Waals surface area contributed by atoms with Crippen molar-refractivity contribution in [2.24, 2.45) is 0 Å². The zero-order valence-electron chi connectivity index (χ0n) is 15.2. The Morgan fingerprint density at radius 3 is 2.57 bits per heavy atom. The second-order valence-corrected chi connectivity index (χ2v) is 7.14. The molecule has 0 fully saturated rings. The molecule has 0 spiro atoms. The molecule has 0 aliphatic carbocycles. The van der Waals surface area contributed by atoms with Gasteiger partial charge in [0.15, 0.2) is 6.10 Å². The summed E-state index contributed by atoms with van der Waals surface area (Å²) in [6, 6.07) is 15.2. The molecule has 2 aromatic carbocycles. The molecule has 1 heterocycles. The predicted molar refractivity (Wildman–Crippen MR) is 106 cm³/mol. The number of nitrogens with one attached hydrogen (secondary N) is 1. The minimum atomic E-state index is -0.912. The second-order valence-electron chi connectivity index (χ2n) is 6.20. The summed E-state index contributed by atoms with van der Waals surface area (Å²) in [7, 11) is 0. The Morgan fingerprint density at radius 2 is 1.86 bits per heavy atom. The summed E-state index contributed by atoms with van der Waals surface area (Å²) >= 11 is 1.43. The molecule has 1 N–H and O–H groups in total. The number of amides is 1. The summed E-state index contributed by atoms with van der Waals surface area (Å²) in [5, 5.41) is 5.30. The number of ether oxygens (including phenoxy) is 1. The van der Waals surface area contributed by atoms with Crippen molar-refractivity contribution in [3.05, 3.63) is 82.1 Å². The van der Waals surface area contributed by atoms with E-state index in [9.17, 15) is 14.0 Å². The Bertz CT molecular complexity index is 942. The minimum Gasteiger partial charge on any atom is -0.452 e. The van der Waals surface area contributed by atoms with E-state index in [1.54, 1.807) is 41.8 Å². The Hall–Kier alpha value is -3.06. The number of esters is 1. The van der Waals surface area contributed by atoms with Crippen LogP contribution in [0.2, 0.25) is 0 Å². The number of hydrogen-bond acceptors (Lipinski definition) is 5. The first-order valence-corrected chi connectivity index (χ1v) is 9.60. The van der Waals surface area contributed by atoms with Crippen LogP contribution in [-0.4, -0.2) is 23.0 Å². The molecule has 28 heavy (non-hydrogen) atoms. The lowest BCUT2D eigenvalue weighted by Crippen LogP contribution is -2.30. The van der Waals surface area contributed by atoms with Gasteiger partial charge in [0.1, 0.15) is 5.82 Å². The Kier molecular flexibility index (Phi) is 6.49. The van der Waals surface area contributed by atoms with Gasteiger partial charge in [-0.05, 0) is 36.8 Å². The molecule has 0 aliphatic rings. The molecule has 1 unspecified atom stereocenters. The van der Waals surface area contributed by atoms with Gasteiger partial charge in [-0.25, -0.2) is 9.37 Å². The quantitative estimate of drug-likeness (QED) is 0.611. The van der Waals surface area contributed by atoms with Gasteiger partial charge in [0.25, 0.3) is 5.91 Å². The van der Waals surface area contributed by atoms with Crippen molar-refractivity contribution in [3.63, 3.8) is 0 Å². The van der Waals surface area contributed by atoms with Crippen LogP contribution in [-0.2, 0) is 27.2 Å². The van der Waals surface area contributed by atoms with E-state index in [1.807, 2.05) is 6.07 Å². The van der Waals surface area contributed by atoms with Crippen molar-refractivity contribution in [1.82, 2.24) is 4.98 Å². The maximum absolute atomic E-state index is 13.0. The number of thiazole rings is 1. The molecule has 144 valence electrons. The fourth-order valence-corrected chi connectivity index (χ4v) is 3.32. The van der Waals surface area contributed by atoms with Crippen molar-refractivity contribution in [3.8, 4) is 0 Å². The van der Waals surface area contributed by atoms with Crippen molar-refractivity contribution in [2.75, 3.05) is 5.32 Å². The second kappa shape index (κ2) is 9.23. The number of benzene rings is 2. The lowest BCUT2D eigenvalue weighted by molar-refractivity contribution is -0.152. The van der Waals surface area contributed by atoms with Crippen LogP contribution < -0.4 is 5.32 Å². The number of halogens is 1. The van der Waals surface area contributed by atoms with E-state index in [0.29, 0.717) is 17.8 Å². The first-order chi connectivity index (χ1) is 13.5. The summed E-state index contributed by atoms with van der Waals surface area (Å²) in [4.78, 5) is 28.6. The smallest absolute Gasteiger partial charge is 0.312 e. The van der Waals surface area contributed by atoms with Crippen molar-refractivity contribution in [2.45, 2.75) is 25.9 Å². The van der Waals surface area contributed by atoms with Crippen LogP contribution in [0.5, 0.6) is 0 Å². The van der Waals surface area contributed by atoms with E-state index in [1.165, 1.54) is 30.4 Å². The standard InChI is InChI=1S/C21H19FN2O3S/c1-14(21(26)24-17-5-3-2-4-6-17)27-20(25)12-18-13-28-19(23-18)11-15-7-9-16(22)10-8-15/h2-10,13-14H,11-12H2,1H3,(H,24,26). The monoisotopic (exact) mass is 398 g/mol. The van der Waals surface area contributed by atoms with E-state index >= 15 is 0 Å². The van der Waals surface area contributed by atoms with Crippen molar-refractivity contribution >= 4 is 28.9 Å². The molecule has 5 nitrogen and oxygen atoms in total. The van der Waals surface area contributed by atoms with Gasteiger partial charge in [-0.2, -0.15) is 0 Å². The number of aromatic nitrogens is 1. The molecular formula is C21H19FN2O3S. The number of hydrogen-bond donors (Lipinski definition) is 1. The first kappa shape index (κ1) is 19.7. The number of anilines is 1. The van der Waals surface area contributed by atoms with Gasteiger partial charge in [-0.15, -0.1) is 11.3 Å². The summed E-state index contributed by atoms with van der Waals surface area (Å²) in [6.07, 6.45) is -0.358. The summed E-state index contributed by atoms with van der Waals surface area (Å²) < 4.78 is 18.2. The zero-order valence-corrected chi connectivity index (χ0v) is 16.0. The van der Waals surface area contributed by atoms with Crippen LogP contribution in [0.3, 0.4) is 0 Å². The van der Waals surface area contributed by atoms with Gasteiger partial charge in [0.05, 0.1) is 17.1 Å². The van der Waals surface area contributed by atoms with Gasteiger partial charge >= 0.3 is 5.97 Å². The number of para-hydroxylation sites is 1. The van der Waals surface area contributed by atoms with E-state index in [-0.39, 0.29) is 12.2 Å². The third-order valence-corrected chi connectivity index (χ3v) is 4.81. The third-order valence-electron chi connectivity index (χ3n) is 3.91. The number of carbonyl (C=O) groups is 2. The van der Waals surface area contributed by atoms with Crippen LogP contribution in [0.1, 0.15) is 23.2 Å². The van der Waals surface area contributed by atoms with Crippen LogP contribution >= 0.6 is 11.3 Å². The van der Waals surface area contributed by atoms with Crippen LogP contribution in [0.15, 0.2) is 60.0 Å². The normalized spacial score (nSPS) is 11.6. The van der Waals surface area contributed by atoms with E-state index in [0.717, 1.165) is 10.6 Å². The fourth-order valence-electron chi connectivity index (χ4n) is 2.49. The van der Waals surface area contributed by atoms with Crippen LogP contribution in [0.25, 0.3) is 0 Å². The Balaban J connectivity index is 1.50. The van der Waals surface area contributed by atoms with Gasteiger partial charge in [0.2, 0.25) is 0 Å². The molecule has 0 saturated carbocycles. The SMILES string of the molecule is CC(OC(=O)Cc1csc(Cc2ccc(F)cc2)n1)C(=O)Nc1ccccc1. The molecular weight excluding hydrogens is 379 g/mol. The molecule has 1 atom stereocenters. The summed E-state index contributed by atoms with van der Waals surface area (Å²) in [5.41, 5.74) is 2.17. The fraction of sp³-hybridized carbons (Fsp3) is 0.190. The summed E-state index contributed by atoms with van der Waals surface area (Å²) in [5.74, 6) is -1.19. The van der Waals surface area contributed by atoms with Gasteiger partial charge in [-0.3, -0.25) is 9.59 Å². The molecule has 1 aromatic heterocycles. The highest BCUT2D eigenvalue weighted by Crippen LogP contribution is 2.16. The lowest BCUT2D eigenvalue weighted by atomic mass is 10.1. The van der Waals surface area contributed by atoms with E-state index < -0.39 is 18.0 Å². The molecule has 0 radical (unpaired) electrons. The van der Waals surface area contributed by atoms with Gasteiger partial charge in [0, 0.05) is 17.5 Å². The van der Waals surface area contributed by atoms with Crippen molar-refractivity contribution in [1.29, 1.82) is 0 Å². The minimum absolute atomic E-state index is 0.0110. The molecule has 7 heteroatoms. The first-order valence-electron chi connectivity index (χ1n) is 8.73. The van der Waals surface area contributed by atoms with Crippen LogP contribution in [0.4, 0.5) is 10.1 Å². The largest absolute Gasteiger partial charge is 0.452 e. The lowest BCUT2D eigenvalue weighted by Gasteiger charge is -2.13. The Labute approximate surface area is 166 Å². The average molecular weight is 398 g/mol. The molecule has 0 saturated heterocycles. The Morgan fingerprint density at radius 1 is 1.14 bits per heavy atom. The average Bonchev–Trinajstić information content (AvgIpc) is 3.11. The number of nitrogens with zero attached hydrogens (tertiary/aromatic N) is 1. The van der Waals surface area contributed by atoms with Crippen molar-refractivity contribution < 1.29 is 18.7 Å². The molecule has 1 amide bonds. The van der Waals surface area contributed by atoms with Gasteiger partial charge in [-0.1, -0.05) is 30.3 Å². The third kappa shape index (κ3) is 5.72. The number of rotatable bonds is 7. The topological polar surface area (TPSA) is 68.3 Å². The highest BCUT2D eigenvalue weighted by Gasteiger charge is 2.19. The highest BCUT2D eigenvalue weighted by molar-refractivity contribution is 7.09. The maximum atomic E-state index is 13.0. The summed E-state index contributed by atoms with van der Waals surface area (Å²) in [6.45, 7) is 1.52. The number of carbonyl (C=O) groups excluding carboxylic acids is 2. The highest BCUT2D eigenvalue weighted by atomic mass is 32.1. The molecule has 0 aliphatic heterocycles. The zero-order chi connectivity index (χ0) is 19.9. The van der Waals surface area contributed by atoms with E-state index in [4.69, 9.17) is 4.74 Å². The molecule has 3 rings (SSSR count). The molecule has 0 bridgehead atoms. The van der Waals surface area contributed by atoms with E-state index in [2.05, 4.69) is 10.3 Å². The van der Waals surface area contributed by atoms with Gasteiger partial charge < -0.3 is 10.1 Å². The molecule has 3 aromatic rings. The van der Waals surface area contributed by atoms with Crippen LogP contribution in [0, 0.1) is 5.82 Å². The predicted octanol–water partition coefficient (Wildman–Crippen LogP) is 3.99. The maximum Gasteiger partial charge on any atom is 0.312 e.